The predicted molar refractivity (Wildman–Crippen MR) is 55.3 cm³/mol. The third-order valence-electron chi connectivity index (χ3n) is 3.46. The molecule has 0 saturated carbocycles. The summed E-state index contributed by atoms with van der Waals surface area (Å²) >= 11 is 0. The highest BCUT2D eigenvalue weighted by Crippen LogP contribution is 2.44. The number of hydrogen-bond donors (Lipinski definition) is 1. The smallest absolute Gasteiger partial charge is 0.155 e. The first kappa shape index (κ1) is 11.9. The quantitative estimate of drug-likeness (QED) is 0.702. The van der Waals surface area contributed by atoms with E-state index in [0.29, 0.717) is 6.42 Å². The van der Waals surface area contributed by atoms with Crippen LogP contribution in [0.2, 0.25) is 0 Å². The van der Waals surface area contributed by atoms with Gasteiger partial charge in [-0.15, -0.1) is 0 Å². The van der Waals surface area contributed by atoms with Gasteiger partial charge in [0.2, 0.25) is 0 Å². The normalized spacial score (nSPS) is 30.5. The van der Waals surface area contributed by atoms with Gasteiger partial charge in [0.05, 0.1) is 16.1 Å². The summed E-state index contributed by atoms with van der Waals surface area (Å²) in [4.78, 5) is 4.89. The van der Waals surface area contributed by atoms with Crippen molar-refractivity contribution in [1.29, 1.82) is 0 Å². The standard InChI is InChI=1S/C9H19NO3S/c1-8(2,13-10)7-5-6-14(11,12)9(7,3)4/h7H,5-6,10H2,1-4H3. The van der Waals surface area contributed by atoms with Crippen molar-refractivity contribution >= 4 is 9.84 Å². The molecule has 84 valence electrons. The minimum absolute atomic E-state index is 0.0509. The lowest BCUT2D eigenvalue weighted by atomic mass is 9.80. The van der Waals surface area contributed by atoms with Gasteiger partial charge in [0.25, 0.3) is 0 Å². The van der Waals surface area contributed by atoms with Crippen molar-refractivity contribution in [2.45, 2.75) is 44.5 Å². The molecular weight excluding hydrogens is 202 g/mol. The van der Waals surface area contributed by atoms with Crippen molar-refractivity contribution < 1.29 is 13.3 Å². The molecule has 1 rings (SSSR count). The minimum Gasteiger partial charge on any atom is -0.298 e. The van der Waals surface area contributed by atoms with E-state index in [1.807, 2.05) is 13.8 Å². The average molecular weight is 221 g/mol. The second kappa shape index (κ2) is 3.18. The Morgan fingerprint density at radius 2 is 1.93 bits per heavy atom. The van der Waals surface area contributed by atoms with Crippen LogP contribution in [0.3, 0.4) is 0 Å². The van der Waals surface area contributed by atoms with Gasteiger partial charge in [-0.3, -0.25) is 4.84 Å². The maximum absolute atomic E-state index is 11.8. The van der Waals surface area contributed by atoms with Crippen LogP contribution in [0.25, 0.3) is 0 Å². The molecule has 0 aromatic carbocycles. The second-order valence-corrected chi connectivity index (χ2v) is 7.67. The fourth-order valence-corrected chi connectivity index (χ4v) is 4.27. The molecule has 1 aliphatic heterocycles. The highest BCUT2D eigenvalue weighted by molar-refractivity contribution is 7.93. The van der Waals surface area contributed by atoms with Crippen molar-refractivity contribution in [3.63, 3.8) is 0 Å². The van der Waals surface area contributed by atoms with Crippen LogP contribution in [0.15, 0.2) is 0 Å². The van der Waals surface area contributed by atoms with Crippen LogP contribution in [-0.2, 0) is 14.7 Å². The van der Waals surface area contributed by atoms with Crippen molar-refractivity contribution in [3.8, 4) is 0 Å². The van der Waals surface area contributed by atoms with E-state index >= 15 is 0 Å². The predicted octanol–water partition coefficient (Wildman–Crippen LogP) is 0.869. The summed E-state index contributed by atoms with van der Waals surface area (Å²) in [5, 5.41) is 0. The van der Waals surface area contributed by atoms with Gasteiger partial charge in [-0.25, -0.2) is 14.3 Å². The Hall–Kier alpha value is -0.130. The zero-order valence-electron chi connectivity index (χ0n) is 9.20. The zero-order valence-corrected chi connectivity index (χ0v) is 10.0. The zero-order chi connectivity index (χ0) is 11.2. The summed E-state index contributed by atoms with van der Waals surface area (Å²) in [7, 11) is -3.00. The molecule has 0 bridgehead atoms. The lowest BCUT2D eigenvalue weighted by Gasteiger charge is -2.36. The van der Waals surface area contributed by atoms with E-state index in [-0.39, 0.29) is 11.7 Å². The summed E-state index contributed by atoms with van der Waals surface area (Å²) in [5.74, 6) is 5.38. The largest absolute Gasteiger partial charge is 0.298 e. The number of sulfone groups is 1. The highest BCUT2D eigenvalue weighted by atomic mass is 32.2. The molecule has 4 nitrogen and oxygen atoms in total. The molecule has 1 aliphatic rings. The molecule has 0 radical (unpaired) electrons. The Labute approximate surface area is 85.7 Å². The van der Waals surface area contributed by atoms with Gasteiger partial charge >= 0.3 is 0 Å². The van der Waals surface area contributed by atoms with E-state index in [1.54, 1.807) is 13.8 Å². The number of hydrogen-bond acceptors (Lipinski definition) is 4. The lowest BCUT2D eigenvalue weighted by Crippen LogP contribution is -2.47. The minimum atomic E-state index is -3.00. The summed E-state index contributed by atoms with van der Waals surface area (Å²) < 4.78 is 22.8. The van der Waals surface area contributed by atoms with Crippen molar-refractivity contribution in [1.82, 2.24) is 0 Å². The molecule has 1 saturated heterocycles. The Balaban J connectivity index is 3.08. The summed E-state index contributed by atoms with van der Waals surface area (Å²) in [6.45, 7) is 7.17. The summed E-state index contributed by atoms with van der Waals surface area (Å²) in [6.07, 6.45) is 0.625. The molecule has 0 aliphatic carbocycles. The second-order valence-electron chi connectivity index (χ2n) is 4.98. The molecule has 0 aromatic heterocycles. The molecule has 1 heterocycles. The average Bonchev–Trinajstić information content (AvgIpc) is 2.23. The van der Waals surface area contributed by atoms with E-state index in [0.717, 1.165) is 0 Å². The van der Waals surface area contributed by atoms with Crippen LogP contribution in [0.1, 0.15) is 34.1 Å². The highest BCUT2D eigenvalue weighted by Gasteiger charge is 2.53. The molecular formula is C9H19NO3S. The fraction of sp³-hybridized carbons (Fsp3) is 1.00. The van der Waals surface area contributed by atoms with Gasteiger partial charge in [-0.05, 0) is 34.1 Å². The Kier molecular flexibility index (Phi) is 2.71. The first-order valence-corrected chi connectivity index (χ1v) is 6.40. The fourth-order valence-electron chi connectivity index (χ4n) is 2.37. The monoisotopic (exact) mass is 221 g/mol. The van der Waals surface area contributed by atoms with Crippen LogP contribution >= 0.6 is 0 Å². The van der Waals surface area contributed by atoms with Gasteiger partial charge < -0.3 is 0 Å². The van der Waals surface area contributed by atoms with Gasteiger partial charge in [0.1, 0.15) is 0 Å². The Morgan fingerprint density at radius 3 is 2.21 bits per heavy atom. The van der Waals surface area contributed by atoms with E-state index in [1.165, 1.54) is 0 Å². The molecule has 2 N–H and O–H groups in total. The van der Waals surface area contributed by atoms with Crippen LogP contribution in [-0.4, -0.2) is 24.5 Å². The molecule has 1 fully saturated rings. The van der Waals surface area contributed by atoms with Gasteiger partial charge in [-0.2, -0.15) is 0 Å². The van der Waals surface area contributed by atoms with Gasteiger partial charge in [0.15, 0.2) is 9.84 Å². The third-order valence-corrected chi connectivity index (χ3v) is 6.12. The van der Waals surface area contributed by atoms with E-state index in [9.17, 15) is 8.42 Å². The maximum atomic E-state index is 11.8. The molecule has 5 heteroatoms. The van der Waals surface area contributed by atoms with E-state index in [2.05, 4.69) is 0 Å². The molecule has 1 atom stereocenters. The van der Waals surface area contributed by atoms with Crippen LogP contribution in [0, 0.1) is 5.92 Å². The third kappa shape index (κ3) is 1.57. The first-order valence-electron chi connectivity index (χ1n) is 4.75. The van der Waals surface area contributed by atoms with Crippen molar-refractivity contribution in [2.75, 3.05) is 5.75 Å². The van der Waals surface area contributed by atoms with Crippen LogP contribution in [0.5, 0.6) is 0 Å². The number of rotatable bonds is 2. The SMILES string of the molecule is CC(C)(ON)C1CCS(=O)(=O)C1(C)C. The van der Waals surface area contributed by atoms with Crippen LogP contribution in [0.4, 0.5) is 0 Å². The topological polar surface area (TPSA) is 69.4 Å². The molecule has 0 amide bonds. The molecule has 1 unspecified atom stereocenters. The van der Waals surface area contributed by atoms with Gasteiger partial charge in [-0.1, -0.05) is 0 Å². The maximum Gasteiger partial charge on any atom is 0.155 e. The van der Waals surface area contributed by atoms with Crippen LogP contribution < -0.4 is 5.90 Å². The molecule has 0 spiro atoms. The summed E-state index contributed by atoms with van der Waals surface area (Å²) in [5.41, 5.74) is -0.590. The van der Waals surface area contributed by atoms with E-state index in [4.69, 9.17) is 10.7 Å². The Bertz CT molecular complexity index is 319. The van der Waals surface area contributed by atoms with Gasteiger partial charge in [0, 0.05) is 5.92 Å². The molecule has 14 heavy (non-hydrogen) atoms. The number of nitrogens with two attached hydrogens (primary N) is 1. The first-order chi connectivity index (χ1) is 6.15. The summed E-state index contributed by atoms with van der Waals surface area (Å²) in [6, 6.07) is 0. The molecule has 0 aromatic rings. The van der Waals surface area contributed by atoms with Crippen molar-refractivity contribution in [2.24, 2.45) is 11.8 Å². The lowest BCUT2D eigenvalue weighted by molar-refractivity contribution is -0.0698. The van der Waals surface area contributed by atoms with Crippen molar-refractivity contribution in [3.05, 3.63) is 0 Å². The Morgan fingerprint density at radius 1 is 1.43 bits per heavy atom. The van der Waals surface area contributed by atoms with E-state index < -0.39 is 20.2 Å².